The van der Waals surface area contributed by atoms with Crippen LogP contribution in [0.3, 0.4) is 0 Å². The van der Waals surface area contributed by atoms with Crippen molar-refractivity contribution in [2.75, 3.05) is 0 Å². The fraction of sp³-hybridized carbons (Fsp3) is 0.400. The standard InChI is InChI=1S/C10H15OSi/c1-3-9(2)12(11)10-7-5-4-6-8-10/h4-9,12H,3H2,1-2H3. The van der Waals surface area contributed by atoms with Crippen molar-refractivity contribution in [3.8, 4) is 0 Å². The number of hydrogen-bond donors (Lipinski definition) is 0. The van der Waals surface area contributed by atoms with E-state index in [-0.39, 0.29) is 0 Å². The zero-order valence-electron chi connectivity index (χ0n) is 7.66. The molecule has 0 aliphatic rings. The van der Waals surface area contributed by atoms with Crippen LogP contribution in [-0.4, -0.2) is 9.04 Å². The maximum atomic E-state index is 11.8. The summed E-state index contributed by atoms with van der Waals surface area (Å²) in [6, 6.07) is 9.80. The van der Waals surface area contributed by atoms with E-state index in [0.29, 0.717) is 5.54 Å². The zero-order valence-corrected chi connectivity index (χ0v) is 8.81. The van der Waals surface area contributed by atoms with Gasteiger partial charge in [-0.25, -0.2) is 0 Å². The highest BCUT2D eigenvalue weighted by Gasteiger charge is 2.18. The van der Waals surface area contributed by atoms with Crippen LogP contribution in [0.1, 0.15) is 20.3 Å². The van der Waals surface area contributed by atoms with Crippen LogP contribution in [0.25, 0.3) is 0 Å². The summed E-state index contributed by atoms with van der Waals surface area (Å²) >= 11 is 0. The van der Waals surface area contributed by atoms with E-state index in [2.05, 4.69) is 13.8 Å². The Morgan fingerprint density at radius 1 is 1.33 bits per heavy atom. The minimum atomic E-state index is -1.90. The van der Waals surface area contributed by atoms with Crippen molar-refractivity contribution in [3.63, 3.8) is 0 Å². The molecule has 2 atom stereocenters. The Balaban J connectivity index is 2.71. The molecule has 12 heavy (non-hydrogen) atoms. The van der Waals surface area contributed by atoms with Gasteiger partial charge in [-0.05, 0) is 10.7 Å². The van der Waals surface area contributed by atoms with Gasteiger partial charge in [0.05, 0.1) is 0 Å². The first kappa shape index (κ1) is 9.48. The summed E-state index contributed by atoms with van der Waals surface area (Å²) in [6.45, 7) is 4.16. The highest BCUT2D eigenvalue weighted by Crippen LogP contribution is 2.11. The fourth-order valence-electron chi connectivity index (χ4n) is 1.19. The van der Waals surface area contributed by atoms with Gasteiger partial charge in [0, 0.05) is 0 Å². The molecule has 0 aliphatic heterocycles. The van der Waals surface area contributed by atoms with Crippen molar-refractivity contribution in [2.45, 2.75) is 25.8 Å². The molecule has 1 radical (unpaired) electrons. The summed E-state index contributed by atoms with van der Waals surface area (Å²) < 4.78 is 0. The van der Waals surface area contributed by atoms with E-state index in [0.717, 1.165) is 11.6 Å². The predicted octanol–water partition coefficient (Wildman–Crippen LogP) is 1.85. The molecule has 0 spiro atoms. The minimum Gasteiger partial charge on any atom is -0.295 e. The molecular weight excluding hydrogens is 164 g/mol. The molecule has 1 rings (SSSR count). The van der Waals surface area contributed by atoms with Gasteiger partial charge < -0.3 is 0 Å². The number of hydrogen-bond acceptors (Lipinski definition) is 0. The van der Waals surface area contributed by atoms with E-state index in [1.54, 1.807) is 0 Å². The number of benzene rings is 1. The van der Waals surface area contributed by atoms with Gasteiger partial charge >= 0.3 is 0 Å². The summed E-state index contributed by atoms with van der Waals surface area (Å²) in [4.78, 5) is 11.8. The van der Waals surface area contributed by atoms with Gasteiger partial charge in [-0.15, -0.1) is 0 Å². The summed E-state index contributed by atoms with van der Waals surface area (Å²) in [5, 5.41) is 1.05. The molecule has 0 bridgehead atoms. The van der Waals surface area contributed by atoms with E-state index < -0.39 is 9.04 Å². The first-order valence-electron chi connectivity index (χ1n) is 4.46. The average Bonchev–Trinajstić information content (AvgIpc) is 2.17. The topological polar surface area (TPSA) is 19.9 Å². The van der Waals surface area contributed by atoms with Gasteiger partial charge in [-0.2, -0.15) is 0 Å². The lowest BCUT2D eigenvalue weighted by Gasteiger charge is -2.12. The van der Waals surface area contributed by atoms with Crippen LogP contribution in [0.4, 0.5) is 0 Å². The molecule has 0 saturated carbocycles. The van der Waals surface area contributed by atoms with Gasteiger partial charge in [0.25, 0.3) is 9.04 Å². The maximum Gasteiger partial charge on any atom is 0.255 e. The van der Waals surface area contributed by atoms with E-state index >= 15 is 0 Å². The molecular formula is C10H15OSi. The Bertz CT molecular complexity index is 223. The molecule has 0 aliphatic carbocycles. The summed E-state index contributed by atoms with van der Waals surface area (Å²) in [5.41, 5.74) is 0.368. The third-order valence-corrected chi connectivity index (χ3v) is 4.84. The largest absolute Gasteiger partial charge is 0.295 e. The molecule has 2 unspecified atom stereocenters. The molecule has 1 aromatic carbocycles. The Morgan fingerprint density at radius 3 is 2.42 bits per heavy atom. The molecule has 1 nitrogen and oxygen atoms in total. The lowest BCUT2D eigenvalue weighted by molar-refractivity contribution is 0.443. The SMILES string of the molecule is CCC(C)[SiH]([O])c1ccccc1. The molecule has 0 aromatic heterocycles. The molecule has 2 heteroatoms. The summed E-state index contributed by atoms with van der Waals surface area (Å²) in [5.74, 6) is 0. The quantitative estimate of drug-likeness (QED) is 0.631. The monoisotopic (exact) mass is 179 g/mol. The maximum absolute atomic E-state index is 11.8. The second kappa shape index (κ2) is 4.43. The highest BCUT2D eigenvalue weighted by atomic mass is 28.3. The van der Waals surface area contributed by atoms with Crippen molar-refractivity contribution in [2.24, 2.45) is 0 Å². The molecule has 0 fully saturated rings. The van der Waals surface area contributed by atoms with Gasteiger partial charge in [0.15, 0.2) is 0 Å². The van der Waals surface area contributed by atoms with Crippen LogP contribution in [0.5, 0.6) is 0 Å². The fourth-order valence-corrected chi connectivity index (χ4v) is 2.87. The van der Waals surface area contributed by atoms with Crippen LogP contribution in [0.2, 0.25) is 5.54 Å². The Labute approximate surface area is 75.8 Å². The van der Waals surface area contributed by atoms with E-state index in [1.807, 2.05) is 30.3 Å². The third kappa shape index (κ3) is 2.19. The molecule has 0 N–H and O–H groups in total. The minimum absolute atomic E-state index is 0.368. The second-order valence-electron chi connectivity index (χ2n) is 3.22. The van der Waals surface area contributed by atoms with Crippen molar-refractivity contribution >= 4 is 14.2 Å². The van der Waals surface area contributed by atoms with Crippen LogP contribution in [-0.2, 0) is 4.80 Å². The highest BCUT2D eigenvalue weighted by molar-refractivity contribution is 6.67. The zero-order chi connectivity index (χ0) is 8.97. The molecule has 65 valence electrons. The predicted molar refractivity (Wildman–Crippen MR) is 53.6 cm³/mol. The van der Waals surface area contributed by atoms with E-state index in [1.165, 1.54) is 0 Å². The Hall–Kier alpha value is -0.603. The first-order chi connectivity index (χ1) is 5.75. The lowest BCUT2D eigenvalue weighted by atomic mass is 10.4. The molecule has 0 heterocycles. The average molecular weight is 179 g/mol. The molecule has 1 aromatic rings. The van der Waals surface area contributed by atoms with E-state index in [4.69, 9.17) is 0 Å². The van der Waals surface area contributed by atoms with Crippen LogP contribution in [0, 0.1) is 0 Å². The van der Waals surface area contributed by atoms with Gasteiger partial charge in [0.1, 0.15) is 0 Å². The van der Waals surface area contributed by atoms with E-state index in [9.17, 15) is 4.80 Å². The van der Waals surface area contributed by atoms with Gasteiger partial charge in [-0.3, -0.25) is 4.80 Å². The Kier molecular flexibility index (Phi) is 3.50. The van der Waals surface area contributed by atoms with Crippen molar-refractivity contribution < 1.29 is 4.80 Å². The van der Waals surface area contributed by atoms with Crippen LogP contribution in [0.15, 0.2) is 30.3 Å². The smallest absolute Gasteiger partial charge is 0.255 e. The van der Waals surface area contributed by atoms with Crippen LogP contribution >= 0.6 is 0 Å². The van der Waals surface area contributed by atoms with Crippen molar-refractivity contribution in [3.05, 3.63) is 30.3 Å². The first-order valence-corrected chi connectivity index (χ1v) is 6.18. The van der Waals surface area contributed by atoms with Crippen molar-refractivity contribution in [1.29, 1.82) is 0 Å². The van der Waals surface area contributed by atoms with Gasteiger partial charge in [-0.1, -0.05) is 50.6 Å². The summed E-state index contributed by atoms with van der Waals surface area (Å²) in [6.07, 6.45) is 1.01. The summed E-state index contributed by atoms with van der Waals surface area (Å²) in [7, 11) is -1.90. The van der Waals surface area contributed by atoms with Crippen LogP contribution < -0.4 is 5.19 Å². The molecule has 0 saturated heterocycles. The lowest BCUT2D eigenvalue weighted by Crippen LogP contribution is -2.32. The molecule has 0 amide bonds. The normalized spacial score (nSPS) is 15.6. The Morgan fingerprint density at radius 2 is 1.92 bits per heavy atom. The third-order valence-electron chi connectivity index (χ3n) is 2.29. The number of rotatable bonds is 3. The van der Waals surface area contributed by atoms with Crippen molar-refractivity contribution in [1.82, 2.24) is 0 Å². The van der Waals surface area contributed by atoms with Gasteiger partial charge in [0.2, 0.25) is 0 Å². The second-order valence-corrected chi connectivity index (χ2v) is 5.86.